The number of carbonyl (C=O) groups is 4. The first-order valence-electron chi connectivity index (χ1n) is 21.9. The van der Waals surface area contributed by atoms with Gasteiger partial charge < -0.3 is 18.9 Å². The van der Waals surface area contributed by atoms with Gasteiger partial charge in [-0.05, 0) is 12.8 Å². The van der Waals surface area contributed by atoms with Crippen LogP contribution in [0.15, 0.2) is 0 Å². The smallest absolute Gasteiger partial charge is 0.306 e. The highest BCUT2D eigenvalue weighted by atomic mass is 32.1. The molecule has 0 fully saturated rings. The van der Waals surface area contributed by atoms with Crippen molar-refractivity contribution in [2.45, 2.75) is 238 Å². The highest BCUT2D eigenvalue weighted by Crippen LogP contribution is 2.16. The molecular weight excluding hydrogens is 675 g/mol. The van der Waals surface area contributed by atoms with Gasteiger partial charge in [0.25, 0.3) is 0 Å². The lowest BCUT2D eigenvalue weighted by atomic mass is 10.0. The second kappa shape index (κ2) is 40.4. The Balaban J connectivity index is 4.14. The quantitative estimate of drug-likeness (QED) is 0.0277. The minimum atomic E-state index is -0.878. The Hall–Kier alpha value is -1.77. The van der Waals surface area contributed by atoms with Gasteiger partial charge >= 0.3 is 17.9 Å². The zero-order chi connectivity index (χ0) is 38.2. The maximum atomic E-state index is 12.6. The molecule has 8 nitrogen and oxygen atoms in total. The molecule has 1 atom stereocenters. The lowest BCUT2D eigenvalue weighted by molar-refractivity contribution is -0.167. The van der Waals surface area contributed by atoms with Gasteiger partial charge in [0.05, 0.1) is 6.42 Å². The summed E-state index contributed by atoms with van der Waals surface area (Å²) in [7, 11) is 0. The van der Waals surface area contributed by atoms with E-state index in [1.165, 1.54) is 154 Å². The van der Waals surface area contributed by atoms with Crippen LogP contribution in [0.4, 0.5) is 0 Å². The third kappa shape index (κ3) is 38.0. The first-order valence-corrected chi connectivity index (χ1v) is 22.3. The zero-order valence-electron chi connectivity index (χ0n) is 33.8. The van der Waals surface area contributed by atoms with Crippen LogP contribution in [-0.2, 0) is 33.4 Å². The Kier molecular flexibility index (Phi) is 39.0. The highest BCUT2D eigenvalue weighted by molar-refractivity contribution is 7.78. The molecular formula is C43H81NO7S. The Bertz CT molecular complexity index is 840. The minimum Gasteiger partial charge on any atom is -0.462 e. The molecule has 0 saturated carbocycles. The maximum absolute atomic E-state index is 12.6. The van der Waals surface area contributed by atoms with Crippen molar-refractivity contribution >= 4 is 36.6 Å². The molecule has 0 aliphatic heterocycles. The van der Waals surface area contributed by atoms with Crippen molar-refractivity contribution in [3.05, 3.63) is 0 Å². The second-order valence-corrected chi connectivity index (χ2v) is 15.1. The number of amides is 1. The van der Waals surface area contributed by atoms with Gasteiger partial charge in [0.1, 0.15) is 13.2 Å². The van der Waals surface area contributed by atoms with Crippen molar-refractivity contribution in [2.75, 3.05) is 13.2 Å². The molecule has 1 amide bonds. The SMILES string of the molecule is CCCCCCCCCCCCCCCCCC(=O)OC[C@H](COC(=O)CCC(=O)NS)OC(=O)CCCCCCCCCCCCCCCCC. The number of thiol groups is 1. The number of ether oxygens (including phenoxy) is 3. The van der Waals surface area contributed by atoms with E-state index < -0.39 is 12.1 Å². The number of hydrogen-bond acceptors (Lipinski definition) is 8. The molecule has 0 saturated heterocycles. The lowest BCUT2D eigenvalue weighted by Gasteiger charge is -2.18. The monoisotopic (exact) mass is 756 g/mol. The summed E-state index contributed by atoms with van der Waals surface area (Å²) in [5.74, 6) is -1.71. The van der Waals surface area contributed by atoms with E-state index in [2.05, 4.69) is 31.4 Å². The summed E-state index contributed by atoms with van der Waals surface area (Å²) in [5.41, 5.74) is 0. The van der Waals surface area contributed by atoms with Crippen LogP contribution in [0.5, 0.6) is 0 Å². The van der Waals surface area contributed by atoms with Crippen LogP contribution in [0.3, 0.4) is 0 Å². The summed E-state index contributed by atoms with van der Waals surface area (Å²) in [6, 6.07) is 0. The first kappa shape index (κ1) is 50.2. The Morgan fingerprint density at radius 1 is 0.404 bits per heavy atom. The van der Waals surface area contributed by atoms with Crippen LogP contribution in [0.2, 0.25) is 0 Å². The van der Waals surface area contributed by atoms with E-state index in [-0.39, 0.29) is 50.3 Å². The number of esters is 3. The van der Waals surface area contributed by atoms with Crippen LogP contribution in [-0.4, -0.2) is 43.1 Å². The van der Waals surface area contributed by atoms with Crippen molar-refractivity contribution < 1.29 is 33.4 Å². The number of hydrogen-bond donors (Lipinski definition) is 2. The topological polar surface area (TPSA) is 108 Å². The zero-order valence-corrected chi connectivity index (χ0v) is 34.7. The van der Waals surface area contributed by atoms with E-state index in [9.17, 15) is 19.2 Å². The third-order valence-corrected chi connectivity index (χ3v) is 10.1. The summed E-state index contributed by atoms with van der Waals surface area (Å²) in [6.45, 7) is 4.14. The Labute approximate surface area is 325 Å². The van der Waals surface area contributed by atoms with Crippen molar-refractivity contribution in [1.82, 2.24) is 4.72 Å². The summed E-state index contributed by atoms with van der Waals surface area (Å²) in [6.07, 6.45) is 37.2. The van der Waals surface area contributed by atoms with E-state index in [0.29, 0.717) is 6.42 Å². The van der Waals surface area contributed by atoms with Gasteiger partial charge in [0.2, 0.25) is 5.91 Å². The van der Waals surface area contributed by atoms with Gasteiger partial charge in [-0.3, -0.25) is 19.2 Å². The molecule has 9 heteroatoms. The summed E-state index contributed by atoms with van der Waals surface area (Å²) in [4.78, 5) is 48.5. The molecule has 0 radical (unpaired) electrons. The summed E-state index contributed by atoms with van der Waals surface area (Å²) in [5, 5.41) is 0. The fourth-order valence-corrected chi connectivity index (χ4v) is 6.54. The highest BCUT2D eigenvalue weighted by Gasteiger charge is 2.20. The predicted molar refractivity (Wildman–Crippen MR) is 217 cm³/mol. The Morgan fingerprint density at radius 2 is 0.692 bits per heavy atom. The van der Waals surface area contributed by atoms with Crippen molar-refractivity contribution in [3.63, 3.8) is 0 Å². The van der Waals surface area contributed by atoms with Gasteiger partial charge in [0, 0.05) is 19.3 Å². The molecule has 0 spiro atoms. The van der Waals surface area contributed by atoms with Gasteiger partial charge in [0.15, 0.2) is 6.10 Å². The van der Waals surface area contributed by atoms with Crippen LogP contribution in [0.25, 0.3) is 0 Å². The predicted octanol–water partition coefficient (Wildman–Crippen LogP) is 12.2. The summed E-state index contributed by atoms with van der Waals surface area (Å²) >= 11 is 3.68. The van der Waals surface area contributed by atoms with E-state index in [4.69, 9.17) is 14.2 Å². The van der Waals surface area contributed by atoms with E-state index in [1.807, 2.05) is 0 Å². The molecule has 0 heterocycles. The van der Waals surface area contributed by atoms with Crippen LogP contribution >= 0.6 is 12.8 Å². The second-order valence-electron chi connectivity index (χ2n) is 14.9. The number of nitrogens with one attached hydrogen (secondary N) is 1. The fraction of sp³-hybridized carbons (Fsp3) is 0.907. The van der Waals surface area contributed by atoms with Gasteiger partial charge in [-0.1, -0.05) is 206 Å². The number of unbranched alkanes of at least 4 members (excludes halogenated alkanes) is 28. The molecule has 306 valence electrons. The molecule has 0 aliphatic rings. The number of rotatable bonds is 40. The van der Waals surface area contributed by atoms with Crippen LogP contribution in [0, 0.1) is 0 Å². The number of carbonyl (C=O) groups excluding carboxylic acids is 4. The average Bonchev–Trinajstić information content (AvgIpc) is 3.14. The van der Waals surface area contributed by atoms with Gasteiger partial charge in [-0.15, -0.1) is 0 Å². The summed E-state index contributed by atoms with van der Waals surface area (Å²) < 4.78 is 18.4. The van der Waals surface area contributed by atoms with Gasteiger partial charge in [-0.2, -0.15) is 0 Å². The van der Waals surface area contributed by atoms with Crippen LogP contribution in [0.1, 0.15) is 232 Å². The normalized spacial score (nSPS) is 11.7. The van der Waals surface area contributed by atoms with E-state index in [0.717, 1.165) is 38.5 Å². The van der Waals surface area contributed by atoms with Gasteiger partial charge in [-0.25, -0.2) is 0 Å². The minimum absolute atomic E-state index is 0.0553. The fourth-order valence-electron chi connectivity index (χ4n) is 6.43. The molecule has 0 aromatic heterocycles. The largest absolute Gasteiger partial charge is 0.462 e. The van der Waals surface area contributed by atoms with E-state index >= 15 is 0 Å². The van der Waals surface area contributed by atoms with Crippen LogP contribution < -0.4 is 4.72 Å². The lowest BCUT2D eigenvalue weighted by Crippen LogP contribution is -2.31. The molecule has 0 aromatic rings. The molecule has 1 N–H and O–H groups in total. The molecule has 0 rings (SSSR count). The average molecular weight is 756 g/mol. The molecule has 0 bridgehead atoms. The maximum Gasteiger partial charge on any atom is 0.306 e. The molecule has 0 aliphatic carbocycles. The third-order valence-electron chi connectivity index (χ3n) is 9.81. The van der Waals surface area contributed by atoms with E-state index in [1.54, 1.807) is 0 Å². The molecule has 52 heavy (non-hydrogen) atoms. The van der Waals surface area contributed by atoms with Crippen molar-refractivity contribution in [1.29, 1.82) is 0 Å². The van der Waals surface area contributed by atoms with Crippen molar-refractivity contribution in [2.24, 2.45) is 0 Å². The molecule has 0 unspecified atom stereocenters. The van der Waals surface area contributed by atoms with Crippen molar-refractivity contribution in [3.8, 4) is 0 Å². The standard InChI is InChI=1S/C43H81NO7S/c1-3-5-7-9-11-13-15-17-19-21-23-25-27-29-31-33-41(46)49-37-39(38-50-42(47)36-35-40(45)44-52)51-43(48)34-32-30-28-26-24-22-20-18-16-14-12-10-8-6-4-2/h39,52H,3-38H2,1-2H3,(H,44,45)/t39-/m1/s1. The Morgan fingerprint density at radius 3 is 1.02 bits per heavy atom. The molecule has 0 aromatic carbocycles. The first-order chi connectivity index (χ1) is 25.4.